The van der Waals surface area contributed by atoms with Crippen molar-refractivity contribution in [1.82, 2.24) is 5.32 Å². The van der Waals surface area contributed by atoms with Crippen LogP contribution in [0.1, 0.15) is 42.3 Å². The largest absolute Gasteiger partial charge is 0.483 e. The van der Waals surface area contributed by atoms with E-state index in [1.165, 1.54) is 0 Å². The van der Waals surface area contributed by atoms with Gasteiger partial charge in [-0.1, -0.05) is 18.2 Å². The van der Waals surface area contributed by atoms with E-state index in [1.54, 1.807) is 24.3 Å². The van der Waals surface area contributed by atoms with Crippen LogP contribution in [0, 0.1) is 13.8 Å². The van der Waals surface area contributed by atoms with Gasteiger partial charge in [-0.05, 0) is 70.0 Å². The molecule has 2 amide bonds. The third-order valence-corrected chi connectivity index (χ3v) is 3.60. The summed E-state index contributed by atoms with van der Waals surface area (Å²) in [5.74, 6) is 0.234. The van der Waals surface area contributed by atoms with Gasteiger partial charge >= 0.3 is 0 Å². The van der Waals surface area contributed by atoms with Gasteiger partial charge in [-0.15, -0.1) is 0 Å². The maximum Gasteiger partial charge on any atom is 0.262 e. The van der Waals surface area contributed by atoms with Crippen molar-refractivity contribution in [2.45, 2.75) is 40.2 Å². The summed E-state index contributed by atoms with van der Waals surface area (Å²) in [4.78, 5) is 24.4. The predicted molar refractivity (Wildman–Crippen MR) is 104 cm³/mol. The molecular formula is C21H26N2O3. The molecule has 0 aliphatic carbocycles. The van der Waals surface area contributed by atoms with E-state index in [4.69, 9.17) is 4.74 Å². The molecule has 0 bridgehead atoms. The standard InChI is InChI=1S/C21H26N2O3/c1-14-9-10-15(2)18(11-14)26-13-19(24)22-17-8-6-7-16(12-17)20(25)23-21(3,4)5/h6-12H,13H2,1-5H3,(H,22,24)(H,23,25). The molecule has 0 saturated carbocycles. The van der Waals surface area contributed by atoms with Crippen LogP contribution < -0.4 is 15.4 Å². The molecule has 2 aromatic rings. The van der Waals surface area contributed by atoms with Crippen LogP contribution in [0.4, 0.5) is 5.69 Å². The highest BCUT2D eigenvalue weighted by Crippen LogP contribution is 2.19. The zero-order valence-corrected chi connectivity index (χ0v) is 16.0. The number of rotatable bonds is 5. The number of amides is 2. The second-order valence-corrected chi connectivity index (χ2v) is 7.39. The summed E-state index contributed by atoms with van der Waals surface area (Å²) in [7, 11) is 0. The Bertz CT molecular complexity index is 807. The molecule has 0 radical (unpaired) electrons. The van der Waals surface area contributed by atoms with Gasteiger partial charge in [0.2, 0.25) is 0 Å². The minimum absolute atomic E-state index is 0.0945. The van der Waals surface area contributed by atoms with Gasteiger partial charge in [0, 0.05) is 16.8 Å². The second-order valence-electron chi connectivity index (χ2n) is 7.39. The number of hydrogen-bond donors (Lipinski definition) is 2. The molecule has 0 saturated heterocycles. The summed E-state index contributed by atoms with van der Waals surface area (Å²) in [6.07, 6.45) is 0. The summed E-state index contributed by atoms with van der Waals surface area (Å²) in [6, 6.07) is 12.7. The van der Waals surface area contributed by atoms with Crippen molar-refractivity contribution in [1.29, 1.82) is 0 Å². The first-order valence-electron chi connectivity index (χ1n) is 8.56. The molecule has 0 fully saturated rings. The molecule has 2 aromatic carbocycles. The van der Waals surface area contributed by atoms with Crippen LogP contribution in [-0.2, 0) is 4.79 Å². The van der Waals surface area contributed by atoms with Gasteiger partial charge in [-0.3, -0.25) is 9.59 Å². The highest BCUT2D eigenvalue weighted by molar-refractivity contribution is 5.97. The van der Waals surface area contributed by atoms with Gasteiger partial charge < -0.3 is 15.4 Å². The average molecular weight is 354 g/mol. The van der Waals surface area contributed by atoms with Gasteiger partial charge in [0.15, 0.2) is 6.61 Å². The molecule has 0 spiro atoms. The average Bonchev–Trinajstić information content (AvgIpc) is 2.54. The van der Waals surface area contributed by atoms with Crippen LogP contribution in [0.25, 0.3) is 0 Å². The van der Waals surface area contributed by atoms with E-state index in [0.29, 0.717) is 17.0 Å². The Morgan fingerprint density at radius 1 is 1.04 bits per heavy atom. The molecule has 5 nitrogen and oxygen atoms in total. The molecule has 5 heteroatoms. The van der Waals surface area contributed by atoms with E-state index in [9.17, 15) is 9.59 Å². The van der Waals surface area contributed by atoms with Crippen molar-refractivity contribution >= 4 is 17.5 Å². The maximum absolute atomic E-state index is 12.2. The number of aryl methyl sites for hydroxylation is 2. The Kier molecular flexibility index (Phi) is 6.03. The lowest BCUT2D eigenvalue weighted by molar-refractivity contribution is -0.118. The molecule has 0 atom stereocenters. The first-order valence-corrected chi connectivity index (χ1v) is 8.56. The maximum atomic E-state index is 12.2. The number of benzene rings is 2. The highest BCUT2D eigenvalue weighted by Gasteiger charge is 2.15. The summed E-state index contributed by atoms with van der Waals surface area (Å²) in [5, 5.41) is 5.66. The predicted octanol–water partition coefficient (Wildman–Crippen LogP) is 3.85. The molecule has 2 rings (SSSR count). The molecule has 0 aromatic heterocycles. The third kappa shape index (κ3) is 5.92. The fourth-order valence-corrected chi connectivity index (χ4v) is 2.35. The van der Waals surface area contributed by atoms with Crippen molar-refractivity contribution in [3.63, 3.8) is 0 Å². The normalized spacial score (nSPS) is 11.0. The molecule has 0 unspecified atom stereocenters. The highest BCUT2D eigenvalue weighted by atomic mass is 16.5. The van der Waals surface area contributed by atoms with Gasteiger partial charge in [0.05, 0.1) is 0 Å². The van der Waals surface area contributed by atoms with Crippen LogP contribution in [0.2, 0.25) is 0 Å². The van der Waals surface area contributed by atoms with E-state index in [-0.39, 0.29) is 24.0 Å². The van der Waals surface area contributed by atoms with Gasteiger partial charge in [-0.2, -0.15) is 0 Å². The minimum Gasteiger partial charge on any atom is -0.483 e. The zero-order chi connectivity index (χ0) is 19.3. The Morgan fingerprint density at radius 3 is 2.46 bits per heavy atom. The molecule has 0 aliphatic heterocycles. The summed E-state index contributed by atoms with van der Waals surface area (Å²) < 4.78 is 5.60. The van der Waals surface area contributed by atoms with E-state index in [2.05, 4.69) is 10.6 Å². The van der Waals surface area contributed by atoms with Crippen molar-refractivity contribution in [3.8, 4) is 5.75 Å². The Balaban J connectivity index is 1.98. The quantitative estimate of drug-likeness (QED) is 0.857. The van der Waals surface area contributed by atoms with Crippen molar-refractivity contribution in [3.05, 3.63) is 59.2 Å². The fourth-order valence-electron chi connectivity index (χ4n) is 2.35. The van der Waals surface area contributed by atoms with Crippen LogP contribution in [-0.4, -0.2) is 24.0 Å². The lowest BCUT2D eigenvalue weighted by atomic mass is 10.1. The molecule has 138 valence electrons. The van der Waals surface area contributed by atoms with E-state index < -0.39 is 0 Å². The first-order chi connectivity index (χ1) is 12.1. The topological polar surface area (TPSA) is 67.4 Å². The summed E-state index contributed by atoms with van der Waals surface area (Å²) in [5.41, 5.74) is 2.78. The number of ether oxygens (including phenoxy) is 1. The number of carbonyl (C=O) groups is 2. The smallest absolute Gasteiger partial charge is 0.262 e. The Hall–Kier alpha value is -2.82. The van der Waals surface area contributed by atoms with Crippen LogP contribution in [0.15, 0.2) is 42.5 Å². The number of carbonyl (C=O) groups excluding carboxylic acids is 2. The Morgan fingerprint density at radius 2 is 1.77 bits per heavy atom. The SMILES string of the molecule is Cc1ccc(C)c(OCC(=O)Nc2cccc(C(=O)NC(C)(C)C)c2)c1. The van der Waals surface area contributed by atoms with Crippen LogP contribution >= 0.6 is 0 Å². The third-order valence-electron chi connectivity index (χ3n) is 3.60. The van der Waals surface area contributed by atoms with Gasteiger partial charge in [0.1, 0.15) is 5.75 Å². The molecule has 2 N–H and O–H groups in total. The fraction of sp³-hybridized carbons (Fsp3) is 0.333. The Labute approximate surface area is 154 Å². The summed E-state index contributed by atoms with van der Waals surface area (Å²) in [6.45, 7) is 9.57. The molecule has 0 aliphatic rings. The van der Waals surface area contributed by atoms with Crippen molar-refractivity contribution in [2.24, 2.45) is 0 Å². The zero-order valence-electron chi connectivity index (χ0n) is 16.0. The molecular weight excluding hydrogens is 328 g/mol. The number of anilines is 1. The van der Waals surface area contributed by atoms with Gasteiger partial charge in [0.25, 0.3) is 11.8 Å². The van der Waals surface area contributed by atoms with Crippen molar-refractivity contribution in [2.75, 3.05) is 11.9 Å². The van der Waals surface area contributed by atoms with Crippen LogP contribution in [0.5, 0.6) is 5.75 Å². The van der Waals surface area contributed by atoms with Crippen LogP contribution in [0.3, 0.4) is 0 Å². The summed E-state index contributed by atoms with van der Waals surface area (Å²) >= 11 is 0. The lowest BCUT2D eigenvalue weighted by Crippen LogP contribution is -2.40. The molecule has 0 heterocycles. The van der Waals surface area contributed by atoms with E-state index in [1.807, 2.05) is 52.8 Å². The monoisotopic (exact) mass is 354 g/mol. The van der Waals surface area contributed by atoms with Gasteiger partial charge in [-0.25, -0.2) is 0 Å². The minimum atomic E-state index is -0.324. The number of nitrogens with one attached hydrogen (secondary N) is 2. The van der Waals surface area contributed by atoms with Crippen molar-refractivity contribution < 1.29 is 14.3 Å². The number of hydrogen-bond acceptors (Lipinski definition) is 3. The lowest BCUT2D eigenvalue weighted by Gasteiger charge is -2.20. The van der Waals surface area contributed by atoms with E-state index in [0.717, 1.165) is 11.1 Å². The second kappa shape index (κ2) is 8.04. The molecule has 26 heavy (non-hydrogen) atoms. The first kappa shape index (κ1) is 19.5. The van der Waals surface area contributed by atoms with E-state index >= 15 is 0 Å².